The largest absolute Gasteiger partial charge is 0.480 e. The Morgan fingerprint density at radius 1 is 1.40 bits per heavy atom. The van der Waals surface area contributed by atoms with Gasteiger partial charge in [-0.1, -0.05) is 23.5 Å². The maximum atomic E-state index is 13.8. The summed E-state index contributed by atoms with van der Waals surface area (Å²) in [5.74, 6) is 0.335. The average Bonchev–Trinajstić information content (AvgIpc) is 2.81. The zero-order chi connectivity index (χ0) is 14.7. The van der Waals surface area contributed by atoms with Gasteiger partial charge in [0.2, 0.25) is 5.88 Å². The summed E-state index contributed by atoms with van der Waals surface area (Å²) >= 11 is 1.53. The Bertz CT molecular complexity index is 578. The molecule has 4 nitrogen and oxygen atoms in total. The van der Waals surface area contributed by atoms with Crippen molar-refractivity contribution in [2.24, 2.45) is 0 Å². The van der Waals surface area contributed by atoms with Crippen LogP contribution >= 0.6 is 11.3 Å². The maximum Gasteiger partial charge on any atom is 0.231 e. The van der Waals surface area contributed by atoms with E-state index in [4.69, 9.17) is 4.74 Å². The Morgan fingerprint density at radius 3 is 2.75 bits per heavy atom. The molecule has 0 aliphatic heterocycles. The normalized spacial score (nSPS) is 10.4. The highest BCUT2D eigenvalue weighted by molar-refractivity contribution is 7.15. The monoisotopic (exact) mass is 295 g/mol. The minimum absolute atomic E-state index is 0.249. The van der Waals surface area contributed by atoms with Crippen LogP contribution in [-0.2, 0) is 6.54 Å². The molecule has 6 heteroatoms. The first-order valence-electron chi connectivity index (χ1n) is 6.23. The molecule has 1 N–H and O–H groups in total. The van der Waals surface area contributed by atoms with E-state index < -0.39 is 0 Å². The molecule has 0 amide bonds. The summed E-state index contributed by atoms with van der Waals surface area (Å²) in [7, 11) is 5.44. The van der Waals surface area contributed by atoms with E-state index in [0.29, 0.717) is 18.1 Å². The standard InChI is InChI=1S/C14H18FN3OS/c1-9-6-5-7-10(15)12(9)16-8-11-13(19-4)17-14(20-11)18(2)3/h5-7,16H,8H2,1-4H3. The number of methoxy groups -OCH3 is 1. The van der Waals surface area contributed by atoms with E-state index in [1.807, 2.05) is 32.0 Å². The SMILES string of the molecule is COc1nc(N(C)C)sc1CNc1c(C)cccc1F. The first-order valence-corrected chi connectivity index (χ1v) is 7.04. The first kappa shape index (κ1) is 14.6. The number of thiazole rings is 1. The molecule has 0 unspecified atom stereocenters. The van der Waals surface area contributed by atoms with Gasteiger partial charge in [-0.25, -0.2) is 4.39 Å². The Kier molecular flexibility index (Phi) is 4.44. The molecule has 1 aromatic carbocycles. The molecule has 20 heavy (non-hydrogen) atoms. The van der Waals surface area contributed by atoms with E-state index in [0.717, 1.165) is 15.6 Å². The number of halogens is 1. The van der Waals surface area contributed by atoms with E-state index in [1.165, 1.54) is 17.4 Å². The van der Waals surface area contributed by atoms with Crippen molar-refractivity contribution in [3.63, 3.8) is 0 Å². The van der Waals surface area contributed by atoms with Crippen molar-refractivity contribution < 1.29 is 9.13 Å². The van der Waals surface area contributed by atoms with Crippen LogP contribution in [0.4, 0.5) is 15.2 Å². The smallest absolute Gasteiger partial charge is 0.231 e. The van der Waals surface area contributed by atoms with Gasteiger partial charge >= 0.3 is 0 Å². The maximum absolute atomic E-state index is 13.8. The highest BCUT2D eigenvalue weighted by Crippen LogP contribution is 2.31. The Hall–Kier alpha value is -1.82. The summed E-state index contributed by atoms with van der Waals surface area (Å²) in [4.78, 5) is 7.24. The van der Waals surface area contributed by atoms with Gasteiger partial charge in [0, 0.05) is 14.1 Å². The number of aryl methyl sites for hydroxylation is 1. The Morgan fingerprint density at radius 2 is 2.15 bits per heavy atom. The number of anilines is 2. The minimum Gasteiger partial charge on any atom is -0.480 e. The van der Waals surface area contributed by atoms with Gasteiger partial charge in [0.15, 0.2) is 5.13 Å². The molecule has 0 atom stereocenters. The van der Waals surface area contributed by atoms with Gasteiger partial charge in [0.25, 0.3) is 0 Å². The predicted molar refractivity (Wildman–Crippen MR) is 81.5 cm³/mol. The van der Waals surface area contributed by atoms with Crippen LogP contribution in [0.2, 0.25) is 0 Å². The molecular formula is C14H18FN3OS. The molecule has 0 saturated heterocycles. The summed E-state index contributed by atoms with van der Waals surface area (Å²) in [5.41, 5.74) is 1.40. The second-order valence-corrected chi connectivity index (χ2v) is 5.67. The molecule has 0 bridgehead atoms. The molecule has 0 aliphatic rings. The molecule has 0 fully saturated rings. The van der Waals surface area contributed by atoms with E-state index >= 15 is 0 Å². The van der Waals surface area contributed by atoms with Crippen LogP contribution in [0.1, 0.15) is 10.4 Å². The molecule has 1 aromatic heterocycles. The van der Waals surface area contributed by atoms with Crippen LogP contribution in [0.3, 0.4) is 0 Å². The third-order valence-electron chi connectivity index (χ3n) is 2.87. The van der Waals surface area contributed by atoms with Crippen molar-refractivity contribution in [1.82, 2.24) is 4.98 Å². The van der Waals surface area contributed by atoms with E-state index in [9.17, 15) is 4.39 Å². The van der Waals surface area contributed by atoms with Crippen LogP contribution in [-0.4, -0.2) is 26.2 Å². The van der Waals surface area contributed by atoms with Gasteiger partial charge in [-0.15, -0.1) is 0 Å². The molecule has 0 saturated carbocycles. The lowest BCUT2D eigenvalue weighted by Gasteiger charge is -2.09. The molecule has 0 spiro atoms. The quantitative estimate of drug-likeness (QED) is 0.918. The van der Waals surface area contributed by atoms with Gasteiger partial charge in [-0.2, -0.15) is 4.98 Å². The second-order valence-electron chi connectivity index (χ2n) is 4.61. The summed E-state index contributed by atoms with van der Waals surface area (Å²) in [6, 6.07) is 5.03. The van der Waals surface area contributed by atoms with Crippen LogP contribution < -0.4 is 15.0 Å². The molecule has 108 valence electrons. The third kappa shape index (κ3) is 3.01. The van der Waals surface area contributed by atoms with Gasteiger partial charge < -0.3 is 15.0 Å². The third-order valence-corrected chi connectivity index (χ3v) is 4.08. The van der Waals surface area contributed by atoms with Gasteiger partial charge in [-0.3, -0.25) is 0 Å². The highest BCUT2D eigenvalue weighted by Gasteiger charge is 2.14. The number of para-hydroxylation sites is 1. The van der Waals surface area contributed by atoms with Crippen molar-refractivity contribution in [1.29, 1.82) is 0 Å². The lowest BCUT2D eigenvalue weighted by atomic mass is 10.2. The van der Waals surface area contributed by atoms with Crippen molar-refractivity contribution >= 4 is 22.2 Å². The molecule has 2 aromatic rings. The number of aromatic nitrogens is 1. The highest BCUT2D eigenvalue weighted by atomic mass is 32.1. The number of nitrogens with zero attached hydrogens (tertiary/aromatic N) is 2. The van der Waals surface area contributed by atoms with E-state index in [2.05, 4.69) is 10.3 Å². The van der Waals surface area contributed by atoms with Gasteiger partial charge in [-0.05, 0) is 18.6 Å². The Balaban J connectivity index is 2.18. The molecule has 1 heterocycles. The average molecular weight is 295 g/mol. The van der Waals surface area contributed by atoms with Gasteiger partial charge in [0.05, 0.1) is 24.2 Å². The zero-order valence-electron chi connectivity index (χ0n) is 12.0. The lowest BCUT2D eigenvalue weighted by molar-refractivity contribution is 0.397. The topological polar surface area (TPSA) is 37.4 Å². The van der Waals surface area contributed by atoms with Crippen molar-refractivity contribution in [3.05, 3.63) is 34.5 Å². The number of ether oxygens (including phenoxy) is 1. The summed E-state index contributed by atoms with van der Waals surface area (Å²) in [6.45, 7) is 2.36. The summed E-state index contributed by atoms with van der Waals surface area (Å²) in [5, 5.41) is 3.99. The minimum atomic E-state index is -0.249. The number of nitrogens with one attached hydrogen (secondary N) is 1. The Labute approximate surface area is 122 Å². The van der Waals surface area contributed by atoms with Crippen molar-refractivity contribution in [3.8, 4) is 5.88 Å². The molecule has 2 rings (SSSR count). The second kappa shape index (κ2) is 6.09. The van der Waals surface area contributed by atoms with E-state index in [-0.39, 0.29) is 5.82 Å². The fourth-order valence-electron chi connectivity index (χ4n) is 1.81. The summed E-state index contributed by atoms with van der Waals surface area (Å²) in [6.07, 6.45) is 0. The molecule has 0 radical (unpaired) electrons. The number of benzene rings is 1. The van der Waals surface area contributed by atoms with Crippen LogP contribution in [0.15, 0.2) is 18.2 Å². The molecular weight excluding hydrogens is 277 g/mol. The molecule has 0 aliphatic carbocycles. The van der Waals surface area contributed by atoms with Crippen LogP contribution in [0.5, 0.6) is 5.88 Å². The van der Waals surface area contributed by atoms with E-state index in [1.54, 1.807) is 13.2 Å². The number of rotatable bonds is 5. The lowest BCUT2D eigenvalue weighted by Crippen LogP contribution is -2.07. The first-order chi connectivity index (χ1) is 9.52. The van der Waals surface area contributed by atoms with Gasteiger partial charge in [0.1, 0.15) is 5.82 Å². The fraction of sp³-hybridized carbons (Fsp3) is 0.357. The number of hydrogen-bond acceptors (Lipinski definition) is 5. The van der Waals surface area contributed by atoms with Crippen LogP contribution in [0, 0.1) is 12.7 Å². The predicted octanol–water partition coefficient (Wildman–Crippen LogP) is 3.28. The number of hydrogen-bond donors (Lipinski definition) is 1. The van der Waals surface area contributed by atoms with Crippen LogP contribution in [0.25, 0.3) is 0 Å². The summed E-state index contributed by atoms with van der Waals surface area (Å²) < 4.78 is 19.0. The fourth-order valence-corrected chi connectivity index (χ4v) is 2.70. The van der Waals surface area contributed by atoms with Crippen molar-refractivity contribution in [2.45, 2.75) is 13.5 Å². The van der Waals surface area contributed by atoms with Crippen molar-refractivity contribution in [2.75, 3.05) is 31.4 Å². The zero-order valence-corrected chi connectivity index (χ0v) is 12.8.